The van der Waals surface area contributed by atoms with Gasteiger partial charge in [0.15, 0.2) is 0 Å². The minimum absolute atomic E-state index is 0.0575. The second-order valence-electron chi connectivity index (χ2n) is 9.73. The van der Waals surface area contributed by atoms with Crippen molar-refractivity contribution in [3.8, 4) is 0 Å². The molecule has 0 spiro atoms. The van der Waals surface area contributed by atoms with Crippen LogP contribution in [0.5, 0.6) is 0 Å². The first-order valence-electron chi connectivity index (χ1n) is 13.0. The molecule has 12 heteroatoms. The second-order valence-corrected chi connectivity index (χ2v) is 12.0. The molecular formula is C29H27ClFN3O6S. The van der Waals surface area contributed by atoms with Crippen LogP contribution in [0.25, 0.3) is 0 Å². The highest BCUT2D eigenvalue weighted by molar-refractivity contribution is 7.90. The number of halogens is 2. The Hall–Kier alpha value is -3.80. The van der Waals surface area contributed by atoms with E-state index in [9.17, 15) is 22.8 Å². The lowest BCUT2D eigenvalue weighted by Gasteiger charge is -2.33. The minimum atomic E-state index is -4.33. The molecule has 2 atom stereocenters. The molecule has 41 heavy (non-hydrogen) atoms. The SMILES string of the molecule is O=C(NC[C@@H]1CCCO1)[C@@H](c1ccccc1F)N(Cc1ccccc1Cl)C(=O)CN1C(=O)c2ccccc2S1(=O)=O. The van der Waals surface area contributed by atoms with Gasteiger partial charge >= 0.3 is 0 Å². The van der Waals surface area contributed by atoms with E-state index in [-0.39, 0.29) is 40.2 Å². The Kier molecular flexibility index (Phi) is 8.39. The summed E-state index contributed by atoms with van der Waals surface area (Å²) in [6.07, 6.45) is 1.36. The number of amides is 3. The summed E-state index contributed by atoms with van der Waals surface area (Å²) < 4.78 is 47.7. The van der Waals surface area contributed by atoms with Gasteiger partial charge in [-0.25, -0.2) is 17.1 Å². The number of benzene rings is 3. The maximum Gasteiger partial charge on any atom is 0.269 e. The van der Waals surface area contributed by atoms with Crippen LogP contribution in [-0.2, 0) is 30.9 Å². The van der Waals surface area contributed by atoms with Crippen molar-refractivity contribution in [2.75, 3.05) is 19.7 Å². The van der Waals surface area contributed by atoms with E-state index < -0.39 is 46.1 Å². The molecule has 0 radical (unpaired) electrons. The van der Waals surface area contributed by atoms with Crippen molar-refractivity contribution in [2.24, 2.45) is 0 Å². The topological polar surface area (TPSA) is 113 Å². The Labute approximate surface area is 241 Å². The Balaban J connectivity index is 1.53. The van der Waals surface area contributed by atoms with Gasteiger partial charge in [0.05, 0.1) is 11.7 Å². The number of hydrogen-bond acceptors (Lipinski definition) is 6. The number of carbonyl (C=O) groups excluding carboxylic acids is 3. The van der Waals surface area contributed by atoms with Crippen LogP contribution in [0.4, 0.5) is 4.39 Å². The Bertz CT molecular complexity index is 1590. The van der Waals surface area contributed by atoms with Crippen LogP contribution in [0.15, 0.2) is 77.7 Å². The largest absolute Gasteiger partial charge is 0.376 e. The van der Waals surface area contributed by atoms with Gasteiger partial charge in [0.1, 0.15) is 23.3 Å². The Morgan fingerprint density at radius 3 is 2.49 bits per heavy atom. The van der Waals surface area contributed by atoms with Crippen molar-refractivity contribution < 1.29 is 31.9 Å². The summed E-state index contributed by atoms with van der Waals surface area (Å²) in [7, 11) is -4.33. The van der Waals surface area contributed by atoms with Gasteiger partial charge in [-0.1, -0.05) is 60.1 Å². The first-order valence-corrected chi connectivity index (χ1v) is 14.8. The predicted octanol–water partition coefficient (Wildman–Crippen LogP) is 3.69. The zero-order valence-corrected chi connectivity index (χ0v) is 23.4. The van der Waals surface area contributed by atoms with Crippen molar-refractivity contribution in [1.82, 2.24) is 14.5 Å². The molecule has 1 saturated heterocycles. The van der Waals surface area contributed by atoms with Crippen molar-refractivity contribution in [3.05, 3.63) is 100 Å². The molecule has 9 nitrogen and oxygen atoms in total. The number of fused-ring (bicyclic) bond motifs is 1. The molecule has 0 unspecified atom stereocenters. The van der Waals surface area contributed by atoms with Crippen LogP contribution in [0.2, 0.25) is 5.02 Å². The average Bonchev–Trinajstić information content (AvgIpc) is 3.55. The molecule has 2 aliphatic heterocycles. The number of hydrogen-bond donors (Lipinski definition) is 1. The number of ether oxygens (including phenoxy) is 1. The summed E-state index contributed by atoms with van der Waals surface area (Å²) in [4.78, 5) is 41.6. The molecule has 1 fully saturated rings. The maximum atomic E-state index is 15.2. The van der Waals surface area contributed by atoms with E-state index >= 15 is 4.39 Å². The Morgan fingerprint density at radius 2 is 1.78 bits per heavy atom. The summed E-state index contributed by atoms with van der Waals surface area (Å²) in [6.45, 7) is -0.453. The first-order chi connectivity index (χ1) is 19.7. The van der Waals surface area contributed by atoms with Crippen molar-refractivity contribution >= 4 is 39.3 Å². The summed E-state index contributed by atoms with van der Waals surface area (Å²) in [5.41, 5.74) is 0.282. The smallest absolute Gasteiger partial charge is 0.269 e. The van der Waals surface area contributed by atoms with Crippen LogP contribution in [0.1, 0.15) is 40.4 Å². The lowest BCUT2D eigenvalue weighted by molar-refractivity contribution is -0.141. The van der Waals surface area contributed by atoms with Crippen LogP contribution >= 0.6 is 11.6 Å². The van der Waals surface area contributed by atoms with E-state index in [0.29, 0.717) is 16.5 Å². The lowest BCUT2D eigenvalue weighted by atomic mass is 10.0. The quantitative estimate of drug-likeness (QED) is 0.401. The second kappa shape index (κ2) is 12.0. The number of rotatable bonds is 9. The number of carbonyl (C=O) groups is 3. The molecule has 0 aliphatic carbocycles. The van der Waals surface area contributed by atoms with Crippen molar-refractivity contribution in [3.63, 3.8) is 0 Å². The molecule has 3 aromatic rings. The summed E-state index contributed by atoms with van der Waals surface area (Å²) in [5, 5.41) is 3.05. The van der Waals surface area contributed by atoms with Gasteiger partial charge in [0.25, 0.3) is 15.9 Å². The fourth-order valence-electron chi connectivity index (χ4n) is 5.00. The van der Waals surface area contributed by atoms with Crippen LogP contribution < -0.4 is 5.32 Å². The summed E-state index contributed by atoms with van der Waals surface area (Å²) >= 11 is 6.39. The Morgan fingerprint density at radius 1 is 1.07 bits per heavy atom. The number of sulfonamides is 1. The summed E-state index contributed by atoms with van der Waals surface area (Å²) in [5.74, 6) is -3.18. The van der Waals surface area contributed by atoms with Crippen molar-refractivity contribution in [2.45, 2.75) is 36.4 Å². The predicted molar refractivity (Wildman–Crippen MR) is 148 cm³/mol. The molecule has 3 amide bonds. The third-order valence-corrected chi connectivity index (χ3v) is 9.25. The zero-order chi connectivity index (χ0) is 29.1. The highest BCUT2D eigenvalue weighted by Gasteiger charge is 2.44. The average molecular weight is 600 g/mol. The van der Waals surface area contributed by atoms with Crippen LogP contribution in [0.3, 0.4) is 0 Å². The highest BCUT2D eigenvalue weighted by atomic mass is 35.5. The van der Waals surface area contributed by atoms with E-state index in [4.69, 9.17) is 16.3 Å². The van der Waals surface area contributed by atoms with E-state index in [1.165, 1.54) is 48.5 Å². The molecule has 0 aromatic heterocycles. The maximum absolute atomic E-state index is 15.2. The molecule has 5 rings (SSSR count). The van der Waals surface area contributed by atoms with Gasteiger partial charge < -0.3 is 15.0 Å². The molecule has 0 saturated carbocycles. The van der Waals surface area contributed by atoms with Gasteiger partial charge in [0, 0.05) is 30.3 Å². The standard InChI is InChI=1S/C29H27ClFN3O6S/c30-23-12-4-1-8-19(23)17-33(26(35)18-34-29(37)22-11-3-6-14-25(22)41(34,38)39)27(21-10-2-5-13-24(21)31)28(36)32-16-20-9-7-15-40-20/h1-6,8,10-14,20,27H,7,9,15-18H2,(H,32,36)/t20-,27+/m0/s1. The van der Waals surface area contributed by atoms with E-state index in [0.717, 1.165) is 17.7 Å². The number of nitrogens with zero attached hydrogens (tertiary/aromatic N) is 2. The summed E-state index contributed by atoms with van der Waals surface area (Å²) in [6, 6.07) is 16.3. The molecule has 1 N–H and O–H groups in total. The number of nitrogens with one attached hydrogen (secondary N) is 1. The highest BCUT2D eigenvalue weighted by Crippen LogP contribution is 2.32. The molecular weight excluding hydrogens is 573 g/mol. The zero-order valence-electron chi connectivity index (χ0n) is 21.8. The van der Waals surface area contributed by atoms with Gasteiger partial charge in [0.2, 0.25) is 11.8 Å². The van der Waals surface area contributed by atoms with Crippen LogP contribution in [-0.4, -0.2) is 61.1 Å². The van der Waals surface area contributed by atoms with Gasteiger partial charge in [-0.2, -0.15) is 0 Å². The lowest BCUT2D eigenvalue weighted by Crippen LogP contribution is -2.49. The first kappa shape index (κ1) is 28.7. The molecule has 214 valence electrons. The molecule has 0 bridgehead atoms. The van der Waals surface area contributed by atoms with Gasteiger partial charge in [-0.15, -0.1) is 0 Å². The third kappa shape index (κ3) is 5.83. The fourth-order valence-corrected chi connectivity index (χ4v) is 6.71. The third-order valence-electron chi connectivity index (χ3n) is 7.10. The molecule has 3 aromatic carbocycles. The van der Waals surface area contributed by atoms with E-state index in [2.05, 4.69) is 5.32 Å². The monoisotopic (exact) mass is 599 g/mol. The van der Waals surface area contributed by atoms with Crippen molar-refractivity contribution in [1.29, 1.82) is 0 Å². The minimum Gasteiger partial charge on any atom is -0.376 e. The van der Waals surface area contributed by atoms with Crippen LogP contribution in [0, 0.1) is 5.82 Å². The van der Waals surface area contributed by atoms with E-state index in [1.807, 2.05) is 0 Å². The molecule has 2 aliphatic rings. The van der Waals surface area contributed by atoms with E-state index in [1.54, 1.807) is 24.3 Å². The fraction of sp³-hybridized carbons (Fsp3) is 0.276. The molecule has 2 heterocycles. The van der Waals surface area contributed by atoms with Gasteiger partial charge in [-0.3, -0.25) is 14.4 Å². The normalized spacial score (nSPS) is 18.1. The van der Waals surface area contributed by atoms with Gasteiger partial charge in [-0.05, 0) is 42.7 Å².